The second-order valence-corrected chi connectivity index (χ2v) is 4.45. The molecule has 0 aliphatic carbocycles. The number of aliphatic hydroxyl groups is 2. The molecule has 0 spiro atoms. The molecule has 1 aromatic rings. The summed E-state index contributed by atoms with van der Waals surface area (Å²) in [5.74, 6) is -5.35. The van der Waals surface area contributed by atoms with E-state index in [1.165, 1.54) is 6.92 Å². The summed E-state index contributed by atoms with van der Waals surface area (Å²) in [6.45, 7) is 0.202. The quantitative estimate of drug-likeness (QED) is 0.616. The van der Waals surface area contributed by atoms with E-state index in [1.54, 1.807) is 0 Å². The highest BCUT2D eigenvalue weighted by Gasteiger charge is 2.24. The highest BCUT2D eigenvalue weighted by molar-refractivity contribution is 6.04. The maximum Gasteiger partial charge on any atom is 0.336 e. The Balaban J connectivity index is 3.04. The summed E-state index contributed by atoms with van der Waals surface area (Å²) < 4.78 is 26.1. The fourth-order valence-corrected chi connectivity index (χ4v) is 1.33. The van der Waals surface area contributed by atoms with Crippen molar-refractivity contribution in [3.05, 3.63) is 34.9 Å². The van der Waals surface area contributed by atoms with Crippen LogP contribution in [0.3, 0.4) is 0 Å². The largest absolute Gasteiger partial charge is 0.478 e. The molecular formula is C12H13F2NO5. The van der Waals surface area contributed by atoms with Crippen molar-refractivity contribution in [2.45, 2.75) is 12.5 Å². The van der Waals surface area contributed by atoms with Gasteiger partial charge >= 0.3 is 5.97 Å². The number of aromatic carboxylic acids is 1. The number of halogens is 2. The third-order valence-electron chi connectivity index (χ3n) is 2.51. The fraction of sp³-hybridized carbons (Fsp3) is 0.333. The molecule has 0 fully saturated rings. The molecule has 1 atom stereocenters. The molecule has 20 heavy (non-hydrogen) atoms. The highest BCUT2D eigenvalue weighted by atomic mass is 19.2. The van der Waals surface area contributed by atoms with Gasteiger partial charge in [-0.3, -0.25) is 4.79 Å². The monoisotopic (exact) mass is 289 g/mol. The van der Waals surface area contributed by atoms with E-state index in [0.29, 0.717) is 12.1 Å². The number of hydrogen-bond donors (Lipinski definition) is 4. The molecule has 0 aliphatic rings. The Labute approximate surface area is 112 Å². The zero-order valence-electron chi connectivity index (χ0n) is 10.5. The summed E-state index contributed by atoms with van der Waals surface area (Å²) in [5.41, 5.74) is -2.90. The van der Waals surface area contributed by atoms with Crippen LogP contribution in [0.5, 0.6) is 0 Å². The Bertz CT molecular complexity index is 545. The molecule has 0 saturated carbocycles. The topological polar surface area (TPSA) is 107 Å². The van der Waals surface area contributed by atoms with E-state index in [9.17, 15) is 23.5 Å². The normalized spacial score (nSPS) is 13.7. The number of carboxylic acids is 1. The van der Waals surface area contributed by atoms with Gasteiger partial charge in [-0.2, -0.15) is 0 Å². The lowest BCUT2D eigenvalue weighted by Gasteiger charge is -2.20. The van der Waals surface area contributed by atoms with Crippen molar-refractivity contribution in [3.63, 3.8) is 0 Å². The van der Waals surface area contributed by atoms with Crippen molar-refractivity contribution in [2.75, 3.05) is 13.2 Å². The zero-order chi connectivity index (χ0) is 15.5. The molecule has 0 heterocycles. The molecule has 6 nitrogen and oxygen atoms in total. The zero-order valence-corrected chi connectivity index (χ0v) is 10.5. The van der Waals surface area contributed by atoms with Gasteiger partial charge in [0.1, 0.15) is 5.60 Å². The number of amides is 1. The summed E-state index contributed by atoms with van der Waals surface area (Å²) in [4.78, 5) is 22.6. The van der Waals surface area contributed by atoms with Crippen LogP contribution < -0.4 is 5.32 Å². The second kappa shape index (κ2) is 5.93. The number of carbonyl (C=O) groups is 2. The summed E-state index contributed by atoms with van der Waals surface area (Å²) in [5, 5.41) is 29.3. The van der Waals surface area contributed by atoms with E-state index in [2.05, 4.69) is 5.32 Å². The van der Waals surface area contributed by atoms with Gasteiger partial charge in [-0.15, -0.1) is 0 Å². The number of hydrogen-bond acceptors (Lipinski definition) is 4. The Morgan fingerprint density at radius 1 is 1.25 bits per heavy atom. The van der Waals surface area contributed by atoms with Crippen LogP contribution in [0.25, 0.3) is 0 Å². The molecule has 1 aromatic carbocycles. The predicted molar refractivity (Wildman–Crippen MR) is 63.4 cm³/mol. The van der Waals surface area contributed by atoms with Gasteiger partial charge in [-0.05, 0) is 19.1 Å². The van der Waals surface area contributed by atoms with Crippen LogP contribution in [0.4, 0.5) is 8.78 Å². The summed E-state index contributed by atoms with van der Waals surface area (Å²) in [7, 11) is 0. The van der Waals surface area contributed by atoms with Crippen molar-refractivity contribution in [1.29, 1.82) is 0 Å². The summed E-state index contributed by atoms with van der Waals surface area (Å²) in [6.07, 6.45) is 0. The maximum atomic E-state index is 13.1. The number of carbonyl (C=O) groups excluding carboxylic acids is 1. The number of benzene rings is 1. The molecule has 1 amide bonds. The molecular weight excluding hydrogens is 276 g/mol. The third-order valence-corrected chi connectivity index (χ3v) is 2.51. The van der Waals surface area contributed by atoms with Gasteiger partial charge in [0.2, 0.25) is 0 Å². The van der Waals surface area contributed by atoms with Gasteiger partial charge in [0.25, 0.3) is 5.91 Å². The third kappa shape index (κ3) is 3.72. The van der Waals surface area contributed by atoms with E-state index in [0.717, 1.165) is 0 Å². The van der Waals surface area contributed by atoms with Gasteiger partial charge in [-0.25, -0.2) is 13.6 Å². The molecule has 8 heteroatoms. The molecule has 4 N–H and O–H groups in total. The SMILES string of the molecule is CC(O)(CO)CNC(=O)c1cc(F)c(F)cc1C(=O)O. The van der Waals surface area contributed by atoms with Crippen molar-refractivity contribution >= 4 is 11.9 Å². The van der Waals surface area contributed by atoms with Gasteiger partial charge < -0.3 is 20.6 Å². The lowest BCUT2D eigenvalue weighted by Crippen LogP contribution is -2.43. The Kier molecular flexibility index (Phi) is 4.74. The van der Waals surface area contributed by atoms with Crippen LogP contribution >= 0.6 is 0 Å². The number of nitrogens with one attached hydrogen (secondary N) is 1. The lowest BCUT2D eigenvalue weighted by molar-refractivity contribution is 0.00319. The van der Waals surface area contributed by atoms with Gasteiger partial charge in [0.15, 0.2) is 11.6 Å². The van der Waals surface area contributed by atoms with Crippen molar-refractivity contribution < 1.29 is 33.7 Å². The average molecular weight is 289 g/mol. The molecule has 0 aromatic heterocycles. The standard InChI is InChI=1S/C12H13F2NO5/c1-12(20,5-16)4-15-10(17)6-2-8(13)9(14)3-7(6)11(18)19/h2-3,16,20H,4-5H2,1H3,(H,15,17)(H,18,19). The molecule has 0 radical (unpaired) electrons. The molecule has 110 valence electrons. The molecule has 0 aliphatic heterocycles. The summed E-state index contributed by atoms with van der Waals surface area (Å²) in [6, 6.07) is 0.860. The van der Waals surface area contributed by atoms with Crippen LogP contribution in [0.15, 0.2) is 12.1 Å². The van der Waals surface area contributed by atoms with E-state index < -0.39 is 46.8 Å². The molecule has 0 saturated heterocycles. The maximum absolute atomic E-state index is 13.1. The number of carboxylic acid groups (broad SMARTS) is 1. The van der Waals surface area contributed by atoms with Crippen molar-refractivity contribution in [3.8, 4) is 0 Å². The predicted octanol–water partition coefficient (Wildman–Crippen LogP) is 0.136. The van der Waals surface area contributed by atoms with Gasteiger partial charge in [-0.1, -0.05) is 0 Å². The Hall–Kier alpha value is -2.06. The smallest absolute Gasteiger partial charge is 0.336 e. The van der Waals surface area contributed by atoms with Crippen LogP contribution in [0.1, 0.15) is 27.6 Å². The molecule has 1 rings (SSSR count). The number of rotatable bonds is 5. The van der Waals surface area contributed by atoms with Crippen LogP contribution in [-0.2, 0) is 0 Å². The highest BCUT2D eigenvalue weighted by Crippen LogP contribution is 2.15. The average Bonchev–Trinajstić information content (AvgIpc) is 2.38. The molecule has 0 bridgehead atoms. The van der Waals surface area contributed by atoms with Gasteiger partial charge in [0.05, 0.1) is 17.7 Å². The van der Waals surface area contributed by atoms with Crippen molar-refractivity contribution in [2.24, 2.45) is 0 Å². The van der Waals surface area contributed by atoms with Crippen molar-refractivity contribution in [1.82, 2.24) is 5.32 Å². The lowest BCUT2D eigenvalue weighted by atomic mass is 10.0. The fourth-order valence-electron chi connectivity index (χ4n) is 1.33. The first-order valence-electron chi connectivity index (χ1n) is 5.52. The van der Waals surface area contributed by atoms with E-state index >= 15 is 0 Å². The van der Waals surface area contributed by atoms with Crippen LogP contribution in [-0.4, -0.2) is 45.9 Å². The first-order valence-corrected chi connectivity index (χ1v) is 5.52. The minimum absolute atomic E-state index is 0.389. The first-order chi connectivity index (χ1) is 9.18. The minimum Gasteiger partial charge on any atom is -0.478 e. The summed E-state index contributed by atoms with van der Waals surface area (Å²) >= 11 is 0. The Morgan fingerprint density at radius 3 is 2.20 bits per heavy atom. The van der Waals surface area contributed by atoms with E-state index in [1.807, 2.05) is 0 Å². The van der Waals surface area contributed by atoms with Gasteiger partial charge in [0, 0.05) is 6.54 Å². The van der Waals surface area contributed by atoms with Crippen LogP contribution in [0.2, 0.25) is 0 Å². The molecule has 1 unspecified atom stereocenters. The number of aliphatic hydroxyl groups excluding tert-OH is 1. The van der Waals surface area contributed by atoms with E-state index in [4.69, 9.17) is 10.2 Å². The minimum atomic E-state index is -1.61. The van der Waals surface area contributed by atoms with E-state index in [-0.39, 0.29) is 6.54 Å². The Morgan fingerprint density at radius 2 is 1.75 bits per heavy atom. The van der Waals surface area contributed by atoms with Crippen LogP contribution in [0, 0.1) is 11.6 Å². The second-order valence-electron chi connectivity index (χ2n) is 4.45. The first kappa shape index (κ1) is 16.0.